The zero-order chi connectivity index (χ0) is 20.1. The van der Waals surface area contributed by atoms with Crippen molar-refractivity contribution in [2.45, 2.75) is 36.2 Å². The highest BCUT2D eigenvalue weighted by atomic mass is 32.2. The Hall–Kier alpha value is -2.45. The van der Waals surface area contributed by atoms with Gasteiger partial charge in [0.25, 0.3) is 5.91 Å². The van der Waals surface area contributed by atoms with Gasteiger partial charge in [-0.05, 0) is 50.2 Å². The number of likely N-dealkylation sites (tertiary alicyclic amines) is 1. The average Bonchev–Trinajstić information content (AvgIpc) is 3.50. The molecule has 7 nitrogen and oxygen atoms in total. The van der Waals surface area contributed by atoms with Gasteiger partial charge in [0.1, 0.15) is 11.5 Å². The van der Waals surface area contributed by atoms with Crippen LogP contribution in [0.5, 0.6) is 0 Å². The third-order valence-electron chi connectivity index (χ3n) is 5.16. The summed E-state index contributed by atoms with van der Waals surface area (Å²) in [4.78, 5) is 19.3. The van der Waals surface area contributed by atoms with E-state index >= 15 is 0 Å². The van der Waals surface area contributed by atoms with Crippen molar-refractivity contribution in [2.24, 2.45) is 7.05 Å². The van der Waals surface area contributed by atoms with E-state index in [-0.39, 0.29) is 11.9 Å². The van der Waals surface area contributed by atoms with E-state index in [1.165, 1.54) is 19.3 Å². The molecule has 1 amide bonds. The van der Waals surface area contributed by atoms with E-state index in [4.69, 9.17) is 8.83 Å². The molecule has 1 atom stereocenters. The number of nitrogens with zero attached hydrogens (tertiary/aromatic N) is 3. The van der Waals surface area contributed by atoms with Gasteiger partial charge < -0.3 is 18.7 Å². The lowest BCUT2D eigenvalue weighted by atomic mass is 10.1. The van der Waals surface area contributed by atoms with Gasteiger partial charge in [-0.1, -0.05) is 18.2 Å². The maximum absolute atomic E-state index is 12.6. The van der Waals surface area contributed by atoms with Crippen LogP contribution < -0.4 is 5.32 Å². The van der Waals surface area contributed by atoms with Crippen molar-refractivity contribution in [2.75, 3.05) is 19.6 Å². The smallest absolute Gasteiger partial charge is 0.287 e. The number of hydrogen-bond donors (Lipinski definition) is 1. The third-order valence-corrected chi connectivity index (χ3v) is 6.25. The largest absolute Gasteiger partial charge is 0.468 e. The minimum absolute atomic E-state index is 0.0441. The summed E-state index contributed by atoms with van der Waals surface area (Å²) >= 11 is 1.57. The summed E-state index contributed by atoms with van der Waals surface area (Å²) in [5.74, 6) is 2.39. The second-order valence-electron chi connectivity index (χ2n) is 7.21. The molecule has 29 heavy (non-hydrogen) atoms. The molecule has 3 aromatic heterocycles. The maximum Gasteiger partial charge on any atom is 0.287 e. The molecular formula is C21H26N4O3S. The highest BCUT2D eigenvalue weighted by molar-refractivity contribution is 7.98. The van der Waals surface area contributed by atoms with Crippen LogP contribution in [-0.4, -0.2) is 40.0 Å². The Bertz CT molecular complexity index is 912. The van der Waals surface area contributed by atoms with E-state index in [9.17, 15) is 4.79 Å². The number of piperidine rings is 1. The first kappa shape index (κ1) is 19.8. The molecule has 3 aromatic rings. The van der Waals surface area contributed by atoms with E-state index < -0.39 is 0 Å². The molecule has 4 heterocycles. The number of hydrogen-bond acceptors (Lipinski definition) is 6. The molecule has 1 fully saturated rings. The molecule has 8 heteroatoms. The van der Waals surface area contributed by atoms with Gasteiger partial charge >= 0.3 is 0 Å². The second-order valence-corrected chi connectivity index (χ2v) is 8.16. The molecule has 154 valence electrons. The van der Waals surface area contributed by atoms with Crippen LogP contribution in [0.15, 0.2) is 56.9 Å². The Morgan fingerprint density at radius 2 is 2.14 bits per heavy atom. The summed E-state index contributed by atoms with van der Waals surface area (Å²) in [6.45, 7) is 2.54. The van der Waals surface area contributed by atoms with Gasteiger partial charge in [-0.3, -0.25) is 9.69 Å². The maximum atomic E-state index is 12.6. The number of aryl methyl sites for hydroxylation is 1. The minimum atomic E-state index is -0.202. The molecule has 0 aromatic carbocycles. The van der Waals surface area contributed by atoms with Gasteiger partial charge in [0.2, 0.25) is 0 Å². The van der Waals surface area contributed by atoms with Crippen molar-refractivity contribution < 1.29 is 13.6 Å². The Morgan fingerprint density at radius 3 is 2.86 bits per heavy atom. The molecule has 0 aliphatic carbocycles. The van der Waals surface area contributed by atoms with E-state index in [1.54, 1.807) is 30.3 Å². The first-order valence-electron chi connectivity index (χ1n) is 9.95. The van der Waals surface area contributed by atoms with Gasteiger partial charge in [-0.15, -0.1) is 0 Å². The van der Waals surface area contributed by atoms with Gasteiger partial charge in [-0.2, -0.15) is 0 Å². The van der Waals surface area contributed by atoms with Crippen molar-refractivity contribution >= 4 is 17.7 Å². The molecular weight excluding hydrogens is 388 g/mol. The van der Waals surface area contributed by atoms with Gasteiger partial charge in [0, 0.05) is 26.0 Å². The number of imidazole rings is 1. The van der Waals surface area contributed by atoms with Crippen molar-refractivity contribution in [3.05, 3.63) is 60.2 Å². The number of nitrogens with one attached hydrogen (secondary N) is 1. The quantitative estimate of drug-likeness (QED) is 0.564. The molecule has 0 bridgehead atoms. The van der Waals surface area contributed by atoms with Crippen molar-refractivity contribution in [3.63, 3.8) is 0 Å². The second kappa shape index (κ2) is 9.37. The summed E-state index contributed by atoms with van der Waals surface area (Å²) in [6, 6.07) is 7.49. The fourth-order valence-electron chi connectivity index (χ4n) is 3.60. The lowest BCUT2D eigenvalue weighted by molar-refractivity contribution is 0.0886. The summed E-state index contributed by atoms with van der Waals surface area (Å²) < 4.78 is 13.3. The number of rotatable bonds is 8. The normalized spacial score (nSPS) is 16.0. The van der Waals surface area contributed by atoms with Crippen LogP contribution in [-0.2, 0) is 12.8 Å². The molecule has 1 N–H and O–H groups in total. The summed E-state index contributed by atoms with van der Waals surface area (Å²) in [6.07, 6.45) is 8.98. The average molecular weight is 415 g/mol. The van der Waals surface area contributed by atoms with Crippen LogP contribution in [0.1, 0.15) is 47.4 Å². The standard InChI is InChI=1S/C21H26N4O3S/c1-24-12-9-22-21(24)29-15-16-7-8-19(28-16)20(26)23-14-17(18-6-5-13-27-18)25-10-3-2-4-11-25/h5-9,12-13,17H,2-4,10-11,14-15H2,1H3,(H,23,26)/t17-/m1/s1. The Balaban J connectivity index is 1.34. The summed E-state index contributed by atoms with van der Waals surface area (Å²) in [5.41, 5.74) is 0. The zero-order valence-electron chi connectivity index (χ0n) is 16.5. The number of carbonyl (C=O) groups is 1. The molecule has 0 unspecified atom stereocenters. The fourth-order valence-corrected chi connectivity index (χ4v) is 4.43. The monoisotopic (exact) mass is 414 g/mol. The first-order chi connectivity index (χ1) is 14.2. The number of carbonyl (C=O) groups excluding carboxylic acids is 1. The number of aromatic nitrogens is 2. The Morgan fingerprint density at radius 1 is 1.28 bits per heavy atom. The Labute approximate surface area is 174 Å². The molecule has 1 saturated heterocycles. The molecule has 0 saturated carbocycles. The van der Waals surface area contributed by atoms with Gasteiger partial charge in [0.05, 0.1) is 18.1 Å². The van der Waals surface area contributed by atoms with Crippen LogP contribution in [0.4, 0.5) is 0 Å². The van der Waals surface area contributed by atoms with Crippen LogP contribution in [0, 0.1) is 0 Å². The van der Waals surface area contributed by atoms with Crippen molar-refractivity contribution in [1.82, 2.24) is 19.8 Å². The molecule has 4 rings (SSSR count). The zero-order valence-corrected chi connectivity index (χ0v) is 17.4. The predicted molar refractivity (Wildman–Crippen MR) is 111 cm³/mol. The van der Waals surface area contributed by atoms with Gasteiger partial charge in [0.15, 0.2) is 10.9 Å². The van der Waals surface area contributed by atoms with Crippen LogP contribution >= 0.6 is 11.8 Å². The van der Waals surface area contributed by atoms with Crippen LogP contribution in [0.25, 0.3) is 0 Å². The SMILES string of the molecule is Cn1ccnc1SCc1ccc(C(=O)NC[C@H](c2ccco2)N2CCCCC2)o1. The lowest BCUT2D eigenvalue weighted by Gasteiger charge is -2.33. The summed E-state index contributed by atoms with van der Waals surface area (Å²) in [7, 11) is 1.95. The van der Waals surface area contributed by atoms with Crippen LogP contribution in [0.3, 0.4) is 0 Å². The van der Waals surface area contributed by atoms with Crippen molar-refractivity contribution in [3.8, 4) is 0 Å². The van der Waals surface area contributed by atoms with Crippen molar-refractivity contribution in [1.29, 1.82) is 0 Å². The highest BCUT2D eigenvalue weighted by Crippen LogP contribution is 2.25. The predicted octanol–water partition coefficient (Wildman–Crippen LogP) is 3.86. The first-order valence-corrected chi connectivity index (χ1v) is 10.9. The molecule has 1 aliphatic rings. The lowest BCUT2D eigenvalue weighted by Crippen LogP contribution is -2.40. The Kier molecular flexibility index (Phi) is 6.41. The third kappa shape index (κ3) is 4.94. The van der Waals surface area contributed by atoms with E-state index in [2.05, 4.69) is 15.2 Å². The molecule has 1 aliphatic heterocycles. The van der Waals surface area contributed by atoms with E-state index in [1.807, 2.05) is 36.0 Å². The van der Waals surface area contributed by atoms with Crippen LogP contribution in [0.2, 0.25) is 0 Å². The molecule has 0 spiro atoms. The molecule has 0 radical (unpaired) electrons. The minimum Gasteiger partial charge on any atom is -0.468 e. The highest BCUT2D eigenvalue weighted by Gasteiger charge is 2.25. The number of thioether (sulfide) groups is 1. The number of amides is 1. The number of furan rings is 2. The van der Waals surface area contributed by atoms with Gasteiger partial charge in [-0.25, -0.2) is 4.98 Å². The fraction of sp³-hybridized carbons (Fsp3) is 0.429. The topological polar surface area (TPSA) is 76.4 Å². The summed E-state index contributed by atoms with van der Waals surface area (Å²) in [5, 5.41) is 3.93. The van der Waals surface area contributed by atoms with E-state index in [0.29, 0.717) is 18.1 Å². The van der Waals surface area contributed by atoms with E-state index in [0.717, 1.165) is 29.8 Å².